The number of anilines is 1. The number of carbonyl (C=O) groups excluding carboxylic acids is 1. The molecule has 2 aromatic heterocycles. The number of aryl methyl sites for hydroxylation is 3. The molecular weight excluding hydrogens is 466 g/mol. The lowest BCUT2D eigenvalue weighted by Gasteiger charge is -2.15. The minimum Gasteiger partial charge on any atom is -0.392 e. The molecule has 0 atom stereocenters. The van der Waals surface area contributed by atoms with Crippen LogP contribution in [0.25, 0.3) is 11.3 Å². The Morgan fingerprint density at radius 1 is 1.00 bits per heavy atom. The fraction of sp³-hybridized carbons (Fsp3) is 0.241. The summed E-state index contributed by atoms with van der Waals surface area (Å²) < 4.78 is 1.47. The summed E-state index contributed by atoms with van der Waals surface area (Å²) >= 11 is 0. The molecule has 4 N–H and O–H groups in total. The van der Waals surface area contributed by atoms with Gasteiger partial charge in [0.05, 0.1) is 18.5 Å². The van der Waals surface area contributed by atoms with Crippen molar-refractivity contribution >= 4 is 11.7 Å². The van der Waals surface area contributed by atoms with Gasteiger partial charge in [-0.25, -0.2) is 4.98 Å². The van der Waals surface area contributed by atoms with Crippen LogP contribution in [0.4, 0.5) is 5.82 Å². The van der Waals surface area contributed by atoms with Crippen molar-refractivity contribution in [2.24, 2.45) is 0 Å². The summed E-state index contributed by atoms with van der Waals surface area (Å²) in [7, 11) is 0. The molecule has 2 aromatic carbocycles. The van der Waals surface area contributed by atoms with Crippen LogP contribution >= 0.6 is 0 Å². The number of aliphatic hydroxyl groups is 1. The first-order valence-electron chi connectivity index (χ1n) is 12.3. The van der Waals surface area contributed by atoms with Gasteiger partial charge in [0.15, 0.2) is 0 Å². The first kappa shape index (κ1) is 25.8. The molecule has 0 saturated heterocycles. The van der Waals surface area contributed by atoms with Crippen LogP contribution in [0, 0.1) is 6.92 Å². The van der Waals surface area contributed by atoms with Crippen LogP contribution < -0.4 is 16.6 Å². The lowest BCUT2D eigenvalue weighted by atomic mass is 10.1. The highest BCUT2D eigenvalue weighted by molar-refractivity contribution is 5.76. The highest BCUT2D eigenvalue weighted by atomic mass is 16.3. The van der Waals surface area contributed by atoms with E-state index >= 15 is 0 Å². The van der Waals surface area contributed by atoms with Crippen molar-refractivity contribution in [1.82, 2.24) is 19.9 Å². The monoisotopic (exact) mass is 497 g/mol. The highest BCUT2D eigenvalue weighted by Gasteiger charge is 2.15. The van der Waals surface area contributed by atoms with Gasteiger partial charge < -0.3 is 16.2 Å². The largest absolute Gasteiger partial charge is 0.392 e. The van der Waals surface area contributed by atoms with Crippen LogP contribution in [0.15, 0.2) is 77.7 Å². The van der Waals surface area contributed by atoms with E-state index in [-0.39, 0.29) is 31.2 Å². The zero-order valence-electron chi connectivity index (χ0n) is 20.9. The Bertz CT molecular complexity index is 1420. The number of aromatic nitrogens is 3. The van der Waals surface area contributed by atoms with Crippen molar-refractivity contribution in [1.29, 1.82) is 0 Å². The number of nitrogens with two attached hydrogens (primary N) is 1. The number of nitrogens with one attached hydrogen (secondary N) is 1. The molecule has 8 heteroatoms. The summed E-state index contributed by atoms with van der Waals surface area (Å²) in [5.74, 6) is 0.126. The summed E-state index contributed by atoms with van der Waals surface area (Å²) in [5.41, 5.74) is 10.7. The van der Waals surface area contributed by atoms with Crippen LogP contribution in [-0.2, 0) is 37.3 Å². The van der Waals surface area contributed by atoms with Crippen LogP contribution in [0.3, 0.4) is 0 Å². The number of hydrogen-bond acceptors (Lipinski definition) is 6. The first-order chi connectivity index (χ1) is 17.9. The average molecular weight is 498 g/mol. The Kier molecular flexibility index (Phi) is 8.43. The second kappa shape index (κ2) is 12.1. The summed E-state index contributed by atoms with van der Waals surface area (Å²) in [5, 5.41) is 12.3. The number of rotatable bonds is 10. The number of hydrogen-bond donors (Lipinski definition) is 3. The number of benzene rings is 2. The minimum atomic E-state index is -0.298. The van der Waals surface area contributed by atoms with Gasteiger partial charge in [0.1, 0.15) is 18.1 Å². The van der Waals surface area contributed by atoms with Gasteiger partial charge in [-0.2, -0.15) is 0 Å². The minimum absolute atomic E-state index is 0.0759. The van der Waals surface area contributed by atoms with E-state index in [1.807, 2.05) is 43.3 Å². The van der Waals surface area contributed by atoms with Crippen molar-refractivity contribution in [2.75, 3.05) is 5.73 Å². The van der Waals surface area contributed by atoms with Crippen molar-refractivity contribution in [3.63, 3.8) is 0 Å². The summed E-state index contributed by atoms with van der Waals surface area (Å²) in [6, 6.07) is 20.8. The molecule has 0 bridgehead atoms. The van der Waals surface area contributed by atoms with Gasteiger partial charge in [0.2, 0.25) is 5.91 Å². The van der Waals surface area contributed by atoms with Gasteiger partial charge in [-0.3, -0.25) is 19.1 Å². The standard InChI is InChI=1S/C29H31N5O3/c1-20-24(14-15-27(30)33-20)16-32-28(36)18-34-26(23-12-10-22(19-35)11-13-23)17-31-25(29(34)37)9-5-8-21-6-3-2-4-7-21/h2-4,6-7,10-15,17,35H,5,8-9,16,18-19H2,1H3,(H2,30,33)(H,32,36). The SMILES string of the molecule is Cc1nc(N)ccc1CNC(=O)Cn1c(-c2ccc(CO)cc2)cnc(CCCc2ccccc2)c1=O. The molecule has 0 aliphatic heterocycles. The van der Waals surface area contributed by atoms with Crippen LogP contribution in [0.1, 0.15) is 34.5 Å². The molecule has 0 unspecified atom stereocenters. The Balaban J connectivity index is 1.55. The summed E-state index contributed by atoms with van der Waals surface area (Å²) in [4.78, 5) is 35.1. The molecule has 0 radical (unpaired) electrons. The van der Waals surface area contributed by atoms with Crippen molar-refractivity contribution in [3.05, 3.63) is 111 Å². The smallest absolute Gasteiger partial charge is 0.273 e. The molecule has 0 spiro atoms. The Morgan fingerprint density at radius 2 is 1.76 bits per heavy atom. The van der Waals surface area contributed by atoms with Gasteiger partial charge in [-0.1, -0.05) is 60.7 Å². The number of nitrogen functional groups attached to an aromatic ring is 1. The van der Waals surface area contributed by atoms with Crippen LogP contribution in [0.5, 0.6) is 0 Å². The van der Waals surface area contributed by atoms with E-state index in [0.717, 1.165) is 35.2 Å². The van der Waals surface area contributed by atoms with E-state index in [1.54, 1.807) is 24.4 Å². The third-order valence-corrected chi connectivity index (χ3v) is 6.27. The Hall–Kier alpha value is -4.30. The molecule has 190 valence electrons. The molecule has 4 rings (SSSR count). The summed E-state index contributed by atoms with van der Waals surface area (Å²) in [6.45, 7) is 1.89. The lowest BCUT2D eigenvalue weighted by Crippen LogP contribution is -2.34. The third kappa shape index (κ3) is 6.68. The highest BCUT2D eigenvalue weighted by Crippen LogP contribution is 2.19. The molecule has 1 amide bonds. The van der Waals surface area contributed by atoms with E-state index in [9.17, 15) is 14.7 Å². The second-order valence-corrected chi connectivity index (χ2v) is 8.93. The van der Waals surface area contributed by atoms with E-state index in [4.69, 9.17) is 5.73 Å². The second-order valence-electron chi connectivity index (χ2n) is 8.93. The number of nitrogens with zero attached hydrogens (tertiary/aromatic N) is 3. The molecule has 2 heterocycles. The predicted octanol–water partition coefficient (Wildman–Crippen LogP) is 3.18. The molecule has 0 aliphatic rings. The zero-order valence-corrected chi connectivity index (χ0v) is 20.9. The van der Waals surface area contributed by atoms with Crippen molar-refractivity contribution < 1.29 is 9.90 Å². The molecule has 4 aromatic rings. The maximum Gasteiger partial charge on any atom is 0.273 e. The fourth-order valence-electron chi connectivity index (χ4n) is 4.16. The van der Waals surface area contributed by atoms with E-state index in [1.165, 1.54) is 10.1 Å². The van der Waals surface area contributed by atoms with Crippen molar-refractivity contribution in [2.45, 2.75) is 45.9 Å². The van der Waals surface area contributed by atoms with Gasteiger partial charge in [0, 0.05) is 12.2 Å². The number of aliphatic hydroxyl groups excluding tert-OH is 1. The maximum absolute atomic E-state index is 13.5. The van der Waals surface area contributed by atoms with Gasteiger partial charge in [-0.15, -0.1) is 0 Å². The molecule has 37 heavy (non-hydrogen) atoms. The Morgan fingerprint density at radius 3 is 2.46 bits per heavy atom. The fourth-order valence-corrected chi connectivity index (χ4v) is 4.16. The van der Waals surface area contributed by atoms with E-state index < -0.39 is 0 Å². The Labute approximate surface area is 215 Å². The van der Waals surface area contributed by atoms with E-state index in [2.05, 4.69) is 27.4 Å². The maximum atomic E-state index is 13.5. The number of carbonyl (C=O) groups is 1. The molecule has 8 nitrogen and oxygen atoms in total. The first-order valence-corrected chi connectivity index (χ1v) is 12.3. The molecule has 0 saturated carbocycles. The molecular formula is C29H31N5O3. The van der Waals surface area contributed by atoms with Gasteiger partial charge in [0.25, 0.3) is 5.56 Å². The lowest BCUT2D eigenvalue weighted by molar-refractivity contribution is -0.121. The third-order valence-electron chi connectivity index (χ3n) is 6.27. The number of pyridine rings is 1. The normalized spacial score (nSPS) is 10.9. The average Bonchev–Trinajstić information content (AvgIpc) is 2.91. The van der Waals surface area contributed by atoms with Crippen LogP contribution in [0.2, 0.25) is 0 Å². The van der Waals surface area contributed by atoms with Crippen LogP contribution in [-0.4, -0.2) is 25.5 Å². The number of amides is 1. The zero-order chi connectivity index (χ0) is 26.2. The van der Waals surface area contributed by atoms with E-state index in [0.29, 0.717) is 23.6 Å². The van der Waals surface area contributed by atoms with Gasteiger partial charge in [-0.05, 0) is 54.5 Å². The molecule has 0 fully saturated rings. The quantitative estimate of drug-likeness (QED) is 0.309. The van der Waals surface area contributed by atoms with Crippen molar-refractivity contribution in [3.8, 4) is 11.3 Å². The molecule has 0 aliphatic carbocycles. The predicted molar refractivity (Wildman–Crippen MR) is 144 cm³/mol. The summed E-state index contributed by atoms with van der Waals surface area (Å²) in [6.07, 6.45) is 3.76. The topological polar surface area (TPSA) is 123 Å². The van der Waals surface area contributed by atoms with Gasteiger partial charge >= 0.3 is 0 Å².